The van der Waals surface area contributed by atoms with Gasteiger partial charge in [0.05, 0.1) is 20.1 Å². The van der Waals surface area contributed by atoms with Crippen LogP contribution in [0.3, 0.4) is 0 Å². The molecule has 8 nitrogen and oxygen atoms in total. The van der Waals surface area contributed by atoms with Crippen LogP contribution in [0, 0.1) is 6.92 Å². The van der Waals surface area contributed by atoms with Gasteiger partial charge in [-0.05, 0) is 62.6 Å². The number of rotatable bonds is 15. The lowest BCUT2D eigenvalue weighted by Gasteiger charge is -2.19. The van der Waals surface area contributed by atoms with Crippen LogP contribution in [0.2, 0.25) is 0 Å². The number of amides is 2. The largest absolute Gasteiger partial charge is 0.497 e. The van der Waals surface area contributed by atoms with E-state index in [1.807, 2.05) is 55.5 Å². The molecule has 198 valence electrons. The van der Waals surface area contributed by atoms with Crippen molar-refractivity contribution in [1.82, 2.24) is 15.6 Å². The SMILES string of the molecule is COc1ccc2[nH]c(C)c(CC(=O)N[C@@H](CCCCCC(C)=O)C(=O)NCCOc3ccccc3)c2c1. The maximum Gasteiger partial charge on any atom is 0.242 e. The molecule has 0 spiro atoms. The van der Waals surface area contributed by atoms with Crippen LogP contribution < -0.4 is 20.1 Å². The van der Waals surface area contributed by atoms with Crippen LogP contribution >= 0.6 is 0 Å². The maximum absolute atomic E-state index is 13.1. The van der Waals surface area contributed by atoms with Crippen LogP contribution in [-0.2, 0) is 20.8 Å². The molecule has 1 heterocycles. The van der Waals surface area contributed by atoms with Gasteiger partial charge in [0.15, 0.2) is 0 Å². The smallest absolute Gasteiger partial charge is 0.242 e. The molecule has 0 bridgehead atoms. The Balaban J connectivity index is 1.60. The molecule has 0 saturated heterocycles. The first-order valence-electron chi connectivity index (χ1n) is 12.8. The molecule has 0 aliphatic heterocycles. The number of aromatic amines is 1. The van der Waals surface area contributed by atoms with Crippen LogP contribution in [0.5, 0.6) is 11.5 Å². The van der Waals surface area contributed by atoms with Crippen LogP contribution in [0.4, 0.5) is 0 Å². The highest BCUT2D eigenvalue weighted by atomic mass is 16.5. The molecule has 2 aromatic carbocycles. The lowest BCUT2D eigenvalue weighted by molar-refractivity contribution is -0.129. The third-order valence-corrected chi connectivity index (χ3v) is 6.25. The summed E-state index contributed by atoms with van der Waals surface area (Å²) < 4.78 is 11.0. The van der Waals surface area contributed by atoms with Crippen molar-refractivity contribution in [2.45, 2.75) is 58.4 Å². The molecule has 0 radical (unpaired) electrons. The standard InChI is InChI=1S/C29H37N3O5/c1-20(33)10-6-4-9-13-27(29(35)30-16-17-37-22-11-7-5-8-12-22)32-28(34)19-24-21(2)31-26-15-14-23(36-3)18-25(24)26/h5,7-8,11-12,14-15,18,27,31H,4,6,9-10,13,16-17,19H2,1-3H3,(H,30,35)(H,32,34)/t27-/m0/s1. The number of para-hydroxylation sites is 1. The summed E-state index contributed by atoms with van der Waals surface area (Å²) >= 11 is 0. The fraction of sp³-hybridized carbons (Fsp3) is 0.414. The minimum Gasteiger partial charge on any atom is -0.497 e. The number of Topliss-reactive ketones (excluding diaryl/α,β-unsaturated/α-hetero) is 1. The van der Waals surface area contributed by atoms with E-state index in [0.29, 0.717) is 31.7 Å². The normalized spacial score (nSPS) is 11.6. The number of aromatic nitrogens is 1. The Bertz CT molecular complexity index is 1190. The number of H-pyrrole nitrogens is 1. The molecule has 0 saturated carbocycles. The molecule has 2 amide bonds. The summed E-state index contributed by atoms with van der Waals surface area (Å²) in [6.07, 6.45) is 3.50. The summed E-state index contributed by atoms with van der Waals surface area (Å²) in [6, 6.07) is 14.4. The van der Waals surface area contributed by atoms with Gasteiger partial charge in [0.2, 0.25) is 11.8 Å². The molecule has 0 fully saturated rings. The Kier molecular flexibility index (Phi) is 10.6. The fourth-order valence-corrected chi connectivity index (χ4v) is 4.27. The van der Waals surface area contributed by atoms with Gasteiger partial charge in [-0.1, -0.05) is 31.0 Å². The highest BCUT2D eigenvalue weighted by Gasteiger charge is 2.22. The number of methoxy groups -OCH3 is 1. The number of ketones is 1. The number of unbranched alkanes of at least 4 members (excludes halogenated alkanes) is 2. The summed E-state index contributed by atoms with van der Waals surface area (Å²) in [6.45, 7) is 4.16. The molecule has 3 rings (SSSR count). The zero-order valence-electron chi connectivity index (χ0n) is 21.9. The van der Waals surface area contributed by atoms with Crippen molar-refractivity contribution < 1.29 is 23.9 Å². The Morgan fingerprint density at radius 1 is 1.00 bits per heavy atom. The third-order valence-electron chi connectivity index (χ3n) is 6.25. The quantitative estimate of drug-likeness (QED) is 0.267. The Morgan fingerprint density at radius 3 is 2.51 bits per heavy atom. The third kappa shape index (κ3) is 8.66. The van der Waals surface area contributed by atoms with Gasteiger partial charge in [0.25, 0.3) is 0 Å². The number of nitrogens with one attached hydrogen (secondary N) is 3. The van der Waals surface area contributed by atoms with E-state index in [1.165, 1.54) is 0 Å². The number of hydrogen-bond donors (Lipinski definition) is 3. The molecule has 3 aromatic rings. The van der Waals surface area contributed by atoms with Crippen LogP contribution in [0.1, 0.15) is 50.3 Å². The van der Waals surface area contributed by atoms with E-state index in [-0.39, 0.29) is 24.0 Å². The maximum atomic E-state index is 13.1. The van der Waals surface area contributed by atoms with E-state index < -0.39 is 6.04 Å². The molecule has 37 heavy (non-hydrogen) atoms. The second-order valence-electron chi connectivity index (χ2n) is 9.19. The lowest BCUT2D eigenvalue weighted by Crippen LogP contribution is -2.48. The summed E-state index contributed by atoms with van der Waals surface area (Å²) in [7, 11) is 1.61. The van der Waals surface area contributed by atoms with E-state index in [2.05, 4.69) is 15.6 Å². The number of aryl methyl sites for hydroxylation is 1. The molecule has 0 aliphatic rings. The van der Waals surface area contributed by atoms with Gasteiger partial charge in [-0.15, -0.1) is 0 Å². The van der Waals surface area contributed by atoms with Gasteiger partial charge in [-0.2, -0.15) is 0 Å². The Labute approximate surface area is 218 Å². The van der Waals surface area contributed by atoms with Crippen molar-refractivity contribution in [3.63, 3.8) is 0 Å². The first-order valence-corrected chi connectivity index (χ1v) is 12.8. The first kappa shape index (κ1) is 27.8. The van der Waals surface area contributed by atoms with Gasteiger partial charge in [-0.25, -0.2) is 0 Å². The van der Waals surface area contributed by atoms with Gasteiger partial charge < -0.3 is 29.9 Å². The molecule has 1 aromatic heterocycles. The van der Waals surface area contributed by atoms with Crippen molar-refractivity contribution in [1.29, 1.82) is 0 Å². The van der Waals surface area contributed by atoms with Gasteiger partial charge in [0.1, 0.15) is 29.9 Å². The Morgan fingerprint density at radius 2 is 1.78 bits per heavy atom. The zero-order valence-corrected chi connectivity index (χ0v) is 21.9. The number of hydrogen-bond acceptors (Lipinski definition) is 5. The molecular weight excluding hydrogens is 470 g/mol. The fourth-order valence-electron chi connectivity index (χ4n) is 4.27. The van der Waals surface area contributed by atoms with Crippen LogP contribution in [-0.4, -0.2) is 48.9 Å². The number of carbonyl (C=O) groups is 3. The molecule has 3 N–H and O–H groups in total. The number of carbonyl (C=O) groups excluding carboxylic acids is 3. The average Bonchev–Trinajstić information content (AvgIpc) is 3.19. The van der Waals surface area contributed by atoms with Gasteiger partial charge >= 0.3 is 0 Å². The highest BCUT2D eigenvalue weighted by Crippen LogP contribution is 2.26. The minimum atomic E-state index is -0.665. The molecule has 0 unspecified atom stereocenters. The van der Waals surface area contributed by atoms with Crippen molar-refractivity contribution in [3.8, 4) is 11.5 Å². The minimum absolute atomic E-state index is 0.143. The van der Waals surface area contributed by atoms with Crippen molar-refractivity contribution in [2.24, 2.45) is 0 Å². The predicted molar refractivity (Wildman–Crippen MR) is 144 cm³/mol. The summed E-state index contributed by atoms with van der Waals surface area (Å²) in [5.74, 6) is 1.14. The van der Waals surface area contributed by atoms with Crippen molar-refractivity contribution >= 4 is 28.5 Å². The highest BCUT2D eigenvalue weighted by molar-refractivity contribution is 5.93. The van der Waals surface area contributed by atoms with Crippen molar-refractivity contribution in [3.05, 3.63) is 59.8 Å². The number of ether oxygens (including phenoxy) is 2. The van der Waals surface area contributed by atoms with Crippen molar-refractivity contribution in [2.75, 3.05) is 20.3 Å². The summed E-state index contributed by atoms with van der Waals surface area (Å²) in [4.78, 5) is 40.6. The number of benzene rings is 2. The molecular formula is C29H37N3O5. The predicted octanol–water partition coefficient (Wildman–Crippen LogP) is 4.25. The number of fused-ring (bicyclic) bond motifs is 1. The topological polar surface area (TPSA) is 110 Å². The van der Waals surface area contributed by atoms with E-state index in [1.54, 1.807) is 14.0 Å². The van der Waals surface area contributed by atoms with Crippen LogP contribution in [0.15, 0.2) is 48.5 Å². The average molecular weight is 508 g/mol. The van der Waals surface area contributed by atoms with E-state index in [0.717, 1.165) is 47.2 Å². The molecule has 1 atom stereocenters. The second kappa shape index (κ2) is 14.1. The summed E-state index contributed by atoms with van der Waals surface area (Å²) in [5.41, 5.74) is 2.71. The van der Waals surface area contributed by atoms with Gasteiger partial charge in [0, 0.05) is 23.0 Å². The monoisotopic (exact) mass is 507 g/mol. The second-order valence-corrected chi connectivity index (χ2v) is 9.19. The summed E-state index contributed by atoms with van der Waals surface area (Å²) in [5, 5.41) is 6.73. The molecule has 0 aliphatic carbocycles. The van der Waals surface area contributed by atoms with E-state index in [9.17, 15) is 14.4 Å². The lowest BCUT2D eigenvalue weighted by atomic mass is 10.0. The van der Waals surface area contributed by atoms with Crippen LogP contribution in [0.25, 0.3) is 10.9 Å². The van der Waals surface area contributed by atoms with E-state index in [4.69, 9.17) is 9.47 Å². The zero-order chi connectivity index (χ0) is 26.6. The molecule has 8 heteroatoms. The first-order chi connectivity index (χ1) is 17.9. The Hall–Kier alpha value is -3.81. The van der Waals surface area contributed by atoms with Gasteiger partial charge in [-0.3, -0.25) is 9.59 Å². The van der Waals surface area contributed by atoms with E-state index >= 15 is 0 Å².